The highest BCUT2D eigenvalue weighted by Gasteiger charge is 2.25. The van der Waals surface area contributed by atoms with E-state index in [2.05, 4.69) is 10.0 Å². The Bertz CT molecular complexity index is 400. The molecule has 0 aromatic heterocycles. The van der Waals surface area contributed by atoms with Crippen LogP contribution in [0, 0.1) is 5.92 Å². The summed E-state index contributed by atoms with van der Waals surface area (Å²) in [5.74, 6) is 0.410. The summed E-state index contributed by atoms with van der Waals surface area (Å²) in [6.07, 6.45) is 3.28. The van der Waals surface area contributed by atoms with Crippen molar-refractivity contribution in [3.63, 3.8) is 0 Å². The van der Waals surface area contributed by atoms with Crippen molar-refractivity contribution >= 4 is 17.9 Å². The first-order chi connectivity index (χ1) is 9.29. The summed E-state index contributed by atoms with van der Waals surface area (Å²) < 4.78 is 8.88. The van der Waals surface area contributed by atoms with E-state index in [4.69, 9.17) is 4.74 Å². The molecular formula is C14H20N2O2S. The van der Waals surface area contributed by atoms with Gasteiger partial charge in [0.1, 0.15) is 0 Å². The predicted octanol–water partition coefficient (Wildman–Crippen LogP) is 1.69. The molecule has 2 unspecified atom stereocenters. The summed E-state index contributed by atoms with van der Waals surface area (Å²) >= 11 is 1.61. The second-order valence-electron chi connectivity index (χ2n) is 4.69. The number of benzene rings is 1. The van der Waals surface area contributed by atoms with Gasteiger partial charge in [0.05, 0.1) is 12.7 Å². The van der Waals surface area contributed by atoms with E-state index in [9.17, 15) is 4.79 Å². The molecule has 0 spiro atoms. The van der Waals surface area contributed by atoms with Crippen LogP contribution in [0.1, 0.15) is 16.8 Å². The molecule has 4 nitrogen and oxygen atoms in total. The third kappa shape index (κ3) is 4.53. The van der Waals surface area contributed by atoms with Crippen molar-refractivity contribution in [1.82, 2.24) is 10.0 Å². The van der Waals surface area contributed by atoms with E-state index in [1.807, 2.05) is 36.6 Å². The van der Waals surface area contributed by atoms with Gasteiger partial charge >= 0.3 is 0 Å². The smallest absolute Gasteiger partial charge is 0.251 e. The maximum atomic E-state index is 11.9. The molecular weight excluding hydrogens is 260 g/mol. The maximum Gasteiger partial charge on any atom is 0.251 e. The summed E-state index contributed by atoms with van der Waals surface area (Å²) in [5, 5.41) is 2.97. The van der Waals surface area contributed by atoms with Gasteiger partial charge in [-0.3, -0.25) is 9.52 Å². The van der Waals surface area contributed by atoms with Gasteiger partial charge in [0.2, 0.25) is 0 Å². The fourth-order valence-corrected chi connectivity index (χ4v) is 2.52. The molecule has 1 aliphatic rings. The quantitative estimate of drug-likeness (QED) is 0.779. The summed E-state index contributed by atoms with van der Waals surface area (Å²) in [5.41, 5.74) is 0.710. The number of rotatable bonds is 6. The Hall–Kier alpha value is -1.04. The van der Waals surface area contributed by atoms with Crippen molar-refractivity contribution in [3.05, 3.63) is 35.9 Å². The van der Waals surface area contributed by atoms with E-state index < -0.39 is 0 Å². The molecule has 1 aromatic rings. The van der Waals surface area contributed by atoms with Gasteiger partial charge in [-0.05, 0) is 24.8 Å². The highest BCUT2D eigenvalue weighted by Crippen LogP contribution is 2.18. The Morgan fingerprint density at radius 1 is 1.37 bits per heavy atom. The molecule has 1 saturated heterocycles. The lowest BCUT2D eigenvalue weighted by atomic mass is 10.1. The first kappa shape index (κ1) is 14.4. The predicted molar refractivity (Wildman–Crippen MR) is 78.1 cm³/mol. The van der Waals surface area contributed by atoms with Gasteiger partial charge in [0, 0.05) is 24.6 Å². The van der Waals surface area contributed by atoms with Crippen LogP contribution in [-0.4, -0.2) is 38.0 Å². The summed E-state index contributed by atoms with van der Waals surface area (Å²) in [4.78, 5) is 11.9. The third-order valence-corrected chi connectivity index (χ3v) is 3.66. The number of hydrogen-bond acceptors (Lipinski definition) is 4. The number of carbonyl (C=O) groups excluding carboxylic acids is 1. The lowest BCUT2D eigenvalue weighted by molar-refractivity contribution is 0.0939. The molecule has 2 atom stereocenters. The molecule has 1 amide bonds. The van der Waals surface area contributed by atoms with Crippen LogP contribution in [0.3, 0.4) is 0 Å². The van der Waals surface area contributed by atoms with Crippen LogP contribution in [-0.2, 0) is 4.74 Å². The summed E-state index contributed by atoms with van der Waals surface area (Å²) in [7, 11) is 0. The molecule has 1 aromatic carbocycles. The largest absolute Gasteiger partial charge is 0.376 e. The van der Waals surface area contributed by atoms with E-state index in [1.165, 1.54) is 0 Å². The highest BCUT2D eigenvalue weighted by atomic mass is 32.2. The molecule has 2 N–H and O–H groups in total. The average molecular weight is 280 g/mol. The minimum atomic E-state index is -0.00807. The Morgan fingerprint density at radius 3 is 2.89 bits per heavy atom. The van der Waals surface area contributed by atoms with Gasteiger partial charge < -0.3 is 10.1 Å². The zero-order valence-corrected chi connectivity index (χ0v) is 11.9. The van der Waals surface area contributed by atoms with Crippen LogP contribution in [0.15, 0.2) is 30.3 Å². The van der Waals surface area contributed by atoms with Crippen molar-refractivity contribution in [2.75, 3.05) is 26.0 Å². The van der Waals surface area contributed by atoms with Gasteiger partial charge in [0.15, 0.2) is 0 Å². The topological polar surface area (TPSA) is 50.4 Å². The molecule has 2 rings (SSSR count). The lowest BCUT2D eigenvalue weighted by Gasteiger charge is -2.10. The van der Waals surface area contributed by atoms with Crippen molar-refractivity contribution in [1.29, 1.82) is 0 Å². The number of hydrogen-bond donors (Lipinski definition) is 2. The van der Waals surface area contributed by atoms with Crippen molar-refractivity contribution < 1.29 is 9.53 Å². The molecule has 0 aliphatic carbocycles. The molecule has 0 saturated carbocycles. The normalized spacial score (nSPS) is 22.4. The van der Waals surface area contributed by atoms with Crippen LogP contribution in [0.2, 0.25) is 0 Å². The van der Waals surface area contributed by atoms with Crippen LogP contribution in [0.4, 0.5) is 0 Å². The summed E-state index contributed by atoms with van der Waals surface area (Å²) in [6.45, 7) is 2.28. The Morgan fingerprint density at radius 2 is 2.16 bits per heavy atom. The van der Waals surface area contributed by atoms with E-state index in [0.717, 1.165) is 19.6 Å². The number of carbonyl (C=O) groups is 1. The van der Waals surface area contributed by atoms with Crippen molar-refractivity contribution in [2.45, 2.75) is 12.5 Å². The highest BCUT2D eigenvalue weighted by molar-refractivity contribution is 7.96. The molecule has 0 bridgehead atoms. The second-order valence-corrected chi connectivity index (χ2v) is 5.38. The van der Waals surface area contributed by atoms with Gasteiger partial charge in [-0.25, -0.2) is 0 Å². The van der Waals surface area contributed by atoms with Gasteiger partial charge in [-0.2, -0.15) is 0 Å². The molecule has 5 heteroatoms. The van der Waals surface area contributed by atoms with E-state index >= 15 is 0 Å². The fraction of sp³-hybridized carbons (Fsp3) is 0.500. The van der Waals surface area contributed by atoms with E-state index in [0.29, 0.717) is 18.0 Å². The first-order valence-electron chi connectivity index (χ1n) is 6.50. The average Bonchev–Trinajstić information content (AvgIpc) is 2.91. The maximum absolute atomic E-state index is 11.9. The van der Waals surface area contributed by atoms with Gasteiger partial charge in [-0.1, -0.05) is 30.1 Å². The summed E-state index contributed by atoms with van der Waals surface area (Å²) in [6, 6.07) is 9.30. The Balaban J connectivity index is 1.70. The zero-order valence-electron chi connectivity index (χ0n) is 11.1. The minimum absolute atomic E-state index is 0.00807. The number of ether oxygens (including phenoxy) is 1. The monoisotopic (exact) mass is 280 g/mol. The standard InChI is InChI=1S/C14H20N2O2S/c1-19-16-9-13-7-11(10-18-13)8-15-14(17)12-5-3-2-4-6-12/h2-6,11,13,16H,7-10H2,1H3,(H,15,17). The molecule has 19 heavy (non-hydrogen) atoms. The van der Waals surface area contributed by atoms with Gasteiger partial charge in [0.25, 0.3) is 5.91 Å². The van der Waals surface area contributed by atoms with Crippen molar-refractivity contribution in [2.24, 2.45) is 5.92 Å². The molecule has 1 fully saturated rings. The number of nitrogens with one attached hydrogen (secondary N) is 2. The SMILES string of the molecule is CSNCC1CC(CNC(=O)c2ccccc2)CO1. The van der Waals surface area contributed by atoms with Crippen molar-refractivity contribution in [3.8, 4) is 0 Å². The molecule has 0 radical (unpaired) electrons. The lowest BCUT2D eigenvalue weighted by Crippen LogP contribution is -2.29. The number of amides is 1. The van der Waals surface area contributed by atoms with E-state index in [-0.39, 0.29) is 12.0 Å². The Kier molecular flexibility index (Phi) is 5.69. The molecule has 1 heterocycles. The van der Waals surface area contributed by atoms with Crippen LogP contribution in [0.25, 0.3) is 0 Å². The fourth-order valence-electron chi connectivity index (χ4n) is 2.17. The molecule has 104 valence electrons. The van der Waals surface area contributed by atoms with Gasteiger partial charge in [-0.15, -0.1) is 0 Å². The van der Waals surface area contributed by atoms with Crippen LogP contribution >= 0.6 is 11.9 Å². The Labute approximate surface area is 118 Å². The van der Waals surface area contributed by atoms with Crippen LogP contribution in [0.5, 0.6) is 0 Å². The zero-order chi connectivity index (χ0) is 13.5. The van der Waals surface area contributed by atoms with E-state index in [1.54, 1.807) is 11.9 Å². The minimum Gasteiger partial charge on any atom is -0.376 e. The third-order valence-electron chi connectivity index (χ3n) is 3.21. The first-order valence-corrected chi connectivity index (χ1v) is 7.72. The second kappa shape index (κ2) is 7.53. The van der Waals surface area contributed by atoms with Crippen LogP contribution < -0.4 is 10.0 Å². The molecule has 1 aliphatic heterocycles.